The van der Waals surface area contributed by atoms with Crippen molar-refractivity contribution < 1.29 is 4.74 Å². The molecule has 2 N–H and O–H groups in total. The number of nitrogens with zero attached hydrogens (tertiary/aromatic N) is 1. The lowest BCUT2D eigenvalue weighted by atomic mass is 9.92. The van der Waals surface area contributed by atoms with Crippen LogP contribution in [0.25, 0.3) is 0 Å². The van der Waals surface area contributed by atoms with Gasteiger partial charge in [0.1, 0.15) is 0 Å². The second-order valence-electron chi connectivity index (χ2n) is 5.66. The summed E-state index contributed by atoms with van der Waals surface area (Å²) in [6, 6.07) is 0. The molecule has 0 aromatic heterocycles. The lowest BCUT2D eigenvalue weighted by molar-refractivity contribution is 0.110. The largest absolute Gasteiger partial charge is 0.384 e. The normalized spacial score (nSPS) is 14.4. The number of methoxy groups -OCH3 is 1. The molecular weight excluding hydrogens is 200 g/mol. The lowest BCUT2D eigenvalue weighted by Crippen LogP contribution is -2.41. The number of hydrogen-bond donors (Lipinski definition) is 1. The molecule has 3 nitrogen and oxygen atoms in total. The van der Waals surface area contributed by atoms with E-state index in [0.717, 1.165) is 32.8 Å². The van der Waals surface area contributed by atoms with Crippen molar-refractivity contribution in [2.75, 3.05) is 39.9 Å². The van der Waals surface area contributed by atoms with Crippen LogP contribution in [0.1, 0.15) is 34.1 Å². The minimum atomic E-state index is 0.210. The van der Waals surface area contributed by atoms with E-state index >= 15 is 0 Å². The van der Waals surface area contributed by atoms with Gasteiger partial charge in [-0.25, -0.2) is 0 Å². The zero-order chi connectivity index (χ0) is 12.6. The van der Waals surface area contributed by atoms with E-state index in [1.165, 1.54) is 6.42 Å². The number of hydrogen-bond acceptors (Lipinski definition) is 3. The smallest absolute Gasteiger partial charge is 0.0500 e. The molecule has 0 spiro atoms. The summed E-state index contributed by atoms with van der Waals surface area (Å²) < 4.78 is 5.19. The zero-order valence-electron chi connectivity index (χ0n) is 11.8. The van der Waals surface area contributed by atoms with Crippen LogP contribution in [0.15, 0.2) is 0 Å². The van der Waals surface area contributed by atoms with Crippen LogP contribution in [0, 0.1) is 11.3 Å². The summed E-state index contributed by atoms with van der Waals surface area (Å²) in [5.41, 5.74) is 6.00. The predicted octanol–water partition coefficient (Wildman–Crippen LogP) is 1.97. The molecule has 16 heavy (non-hydrogen) atoms. The van der Waals surface area contributed by atoms with Crippen molar-refractivity contribution in [3.8, 4) is 0 Å². The second-order valence-corrected chi connectivity index (χ2v) is 5.66. The first kappa shape index (κ1) is 15.9. The van der Waals surface area contributed by atoms with Crippen molar-refractivity contribution in [1.29, 1.82) is 0 Å². The van der Waals surface area contributed by atoms with Crippen molar-refractivity contribution in [1.82, 2.24) is 4.90 Å². The Balaban J connectivity index is 4.15. The van der Waals surface area contributed by atoms with Gasteiger partial charge < -0.3 is 15.4 Å². The van der Waals surface area contributed by atoms with Gasteiger partial charge in [0.2, 0.25) is 0 Å². The Hall–Kier alpha value is -0.120. The van der Waals surface area contributed by atoms with Crippen molar-refractivity contribution in [3.63, 3.8) is 0 Å². The minimum absolute atomic E-state index is 0.210. The maximum atomic E-state index is 5.79. The van der Waals surface area contributed by atoms with Crippen LogP contribution < -0.4 is 5.73 Å². The van der Waals surface area contributed by atoms with Crippen LogP contribution >= 0.6 is 0 Å². The molecule has 0 fully saturated rings. The van der Waals surface area contributed by atoms with Crippen LogP contribution in [-0.2, 0) is 4.74 Å². The van der Waals surface area contributed by atoms with Gasteiger partial charge >= 0.3 is 0 Å². The fourth-order valence-electron chi connectivity index (χ4n) is 2.00. The summed E-state index contributed by atoms with van der Waals surface area (Å²) in [6.07, 6.45) is 1.19. The fourth-order valence-corrected chi connectivity index (χ4v) is 2.00. The quantitative estimate of drug-likeness (QED) is 0.658. The molecule has 0 heterocycles. The summed E-state index contributed by atoms with van der Waals surface area (Å²) in [5, 5.41) is 0. The standard InChI is InChI=1S/C13H30N2O/c1-6-7-15(8-12(2)9-16-5)11-13(3,4)10-14/h12H,6-11,14H2,1-5H3. The van der Waals surface area contributed by atoms with Gasteiger partial charge in [-0.3, -0.25) is 0 Å². The first-order chi connectivity index (χ1) is 7.45. The maximum absolute atomic E-state index is 5.79. The number of rotatable bonds is 9. The van der Waals surface area contributed by atoms with Crippen molar-refractivity contribution in [3.05, 3.63) is 0 Å². The summed E-state index contributed by atoms with van der Waals surface area (Å²) in [7, 11) is 1.77. The Morgan fingerprint density at radius 3 is 2.44 bits per heavy atom. The van der Waals surface area contributed by atoms with Crippen LogP contribution in [0.3, 0.4) is 0 Å². The Morgan fingerprint density at radius 1 is 1.38 bits per heavy atom. The van der Waals surface area contributed by atoms with E-state index < -0.39 is 0 Å². The second kappa shape index (κ2) is 8.04. The molecular formula is C13H30N2O. The molecule has 0 saturated carbocycles. The van der Waals surface area contributed by atoms with Crippen LogP contribution in [0.5, 0.6) is 0 Å². The highest BCUT2D eigenvalue weighted by molar-refractivity contribution is 4.75. The molecule has 0 amide bonds. The molecule has 98 valence electrons. The summed E-state index contributed by atoms with van der Waals surface area (Å²) in [5.74, 6) is 0.588. The average molecular weight is 230 g/mol. The van der Waals surface area contributed by atoms with Gasteiger partial charge in [-0.2, -0.15) is 0 Å². The Kier molecular flexibility index (Phi) is 7.98. The van der Waals surface area contributed by atoms with Crippen molar-refractivity contribution in [2.45, 2.75) is 34.1 Å². The van der Waals surface area contributed by atoms with Gasteiger partial charge in [-0.1, -0.05) is 27.7 Å². The molecule has 0 bridgehead atoms. The highest BCUT2D eigenvalue weighted by atomic mass is 16.5. The number of nitrogens with two attached hydrogens (primary N) is 1. The number of ether oxygens (including phenoxy) is 1. The van der Waals surface area contributed by atoms with Gasteiger partial charge in [0.15, 0.2) is 0 Å². The van der Waals surface area contributed by atoms with Crippen LogP contribution in [0.2, 0.25) is 0 Å². The molecule has 0 aliphatic heterocycles. The van der Waals surface area contributed by atoms with E-state index in [-0.39, 0.29) is 5.41 Å². The van der Waals surface area contributed by atoms with E-state index in [0.29, 0.717) is 5.92 Å². The zero-order valence-corrected chi connectivity index (χ0v) is 11.8. The third-order valence-electron chi connectivity index (χ3n) is 2.77. The maximum Gasteiger partial charge on any atom is 0.0500 e. The third kappa shape index (κ3) is 7.20. The Morgan fingerprint density at radius 2 is 2.00 bits per heavy atom. The molecule has 0 aliphatic rings. The SMILES string of the molecule is CCCN(CC(C)COC)CC(C)(C)CN. The highest BCUT2D eigenvalue weighted by Crippen LogP contribution is 2.16. The molecule has 0 aromatic rings. The molecule has 3 heteroatoms. The van der Waals surface area contributed by atoms with E-state index in [1.54, 1.807) is 7.11 Å². The molecule has 1 unspecified atom stereocenters. The topological polar surface area (TPSA) is 38.5 Å². The fraction of sp³-hybridized carbons (Fsp3) is 1.00. The van der Waals surface area contributed by atoms with Gasteiger partial charge in [-0.15, -0.1) is 0 Å². The Bertz CT molecular complexity index is 171. The molecule has 0 aliphatic carbocycles. The summed E-state index contributed by atoms with van der Waals surface area (Å²) in [6.45, 7) is 13.8. The van der Waals surface area contributed by atoms with Gasteiger partial charge in [0.25, 0.3) is 0 Å². The lowest BCUT2D eigenvalue weighted by Gasteiger charge is -2.33. The predicted molar refractivity (Wildman–Crippen MR) is 70.6 cm³/mol. The minimum Gasteiger partial charge on any atom is -0.384 e. The molecule has 1 atom stereocenters. The van der Waals surface area contributed by atoms with Crippen LogP contribution in [0.4, 0.5) is 0 Å². The van der Waals surface area contributed by atoms with E-state index in [4.69, 9.17) is 10.5 Å². The summed E-state index contributed by atoms with van der Waals surface area (Å²) in [4.78, 5) is 2.51. The molecule has 0 saturated heterocycles. The summed E-state index contributed by atoms with van der Waals surface area (Å²) >= 11 is 0. The third-order valence-corrected chi connectivity index (χ3v) is 2.77. The van der Waals surface area contributed by atoms with Crippen molar-refractivity contribution >= 4 is 0 Å². The first-order valence-electron chi connectivity index (χ1n) is 6.36. The van der Waals surface area contributed by atoms with Crippen LogP contribution in [-0.4, -0.2) is 44.8 Å². The van der Waals surface area contributed by atoms with Crippen molar-refractivity contribution in [2.24, 2.45) is 17.1 Å². The monoisotopic (exact) mass is 230 g/mol. The first-order valence-corrected chi connectivity index (χ1v) is 6.36. The Labute approximate surface area is 101 Å². The van der Waals surface area contributed by atoms with Gasteiger partial charge in [0, 0.05) is 26.8 Å². The van der Waals surface area contributed by atoms with Gasteiger partial charge in [0.05, 0.1) is 0 Å². The highest BCUT2D eigenvalue weighted by Gasteiger charge is 2.20. The molecule has 0 radical (unpaired) electrons. The van der Waals surface area contributed by atoms with Gasteiger partial charge in [-0.05, 0) is 30.8 Å². The molecule has 0 rings (SSSR count). The van der Waals surface area contributed by atoms with E-state index in [1.807, 2.05) is 0 Å². The van der Waals surface area contributed by atoms with E-state index in [2.05, 4.69) is 32.6 Å². The molecule has 0 aromatic carbocycles. The average Bonchev–Trinajstić information content (AvgIpc) is 2.17. The van der Waals surface area contributed by atoms with E-state index in [9.17, 15) is 0 Å².